The van der Waals surface area contributed by atoms with Crippen LogP contribution in [0.3, 0.4) is 0 Å². The molecule has 0 rings (SSSR count). The Morgan fingerprint density at radius 3 is 1.64 bits per heavy atom. The summed E-state index contributed by atoms with van der Waals surface area (Å²) in [5.41, 5.74) is 0. The molecule has 0 aliphatic heterocycles. The van der Waals surface area contributed by atoms with E-state index in [0.717, 1.165) is 13.0 Å². The number of hydrogen-bond donors (Lipinski definition) is 0. The molecule has 0 bridgehead atoms. The summed E-state index contributed by atoms with van der Waals surface area (Å²) < 4.78 is 46.7. The minimum absolute atomic E-state index is 0. The summed E-state index contributed by atoms with van der Waals surface area (Å²) >= 11 is 0. The van der Waals surface area contributed by atoms with Crippen molar-refractivity contribution in [1.29, 1.82) is 0 Å². The minimum atomic E-state index is -4.67. The van der Waals surface area contributed by atoms with E-state index in [2.05, 4.69) is 11.1 Å². The second kappa shape index (κ2) is 22.5. The molecular formula is C20H41NaO6S. The third kappa shape index (κ3) is 24.8. The van der Waals surface area contributed by atoms with Crippen molar-refractivity contribution in [1.82, 2.24) is 0 Å². The van der Waals surface area contributed by atoms with Crippen LogP contribution in [-0.2, 0) is 24.1 Å². The molecule has 0 aromatic carbocycles. The van der Waals surface area contributed by atoms with E-state index in [1.54, 1.807) is 6.92 Å². The summed E-state index contributed by atoms with van der Waals surface area (Å²) in [6, 6.07) is 0. The quantitative estimate of drug-likeness (QED) is 0.119. The molecule has 0 saturated carbocycles. The SMILES string of the molecule is CCCCCCCCCCCCCCOCCOCC(CC)OS(=O)(=O)[O-].[Na+]. The summed E-state index contributed by atoms with van der Waals surface area (Å²) in [5, 5.41) is 0. The fraction of sp³-hybridized carbons (Fsp3) is 1.00. The van der Waals surface area contributed by atoms with E-state index < -0.39 is 16.5 Å². The Labute approximate surface area is 195 Å². The van der Waals surface area contributed by atoms with Crippen LogP contribution in [0.25, 0.3) is 0 Å². The van der Waals surface area contributed by atoms with Crippen LogP contribution in [0.4, 0.5) is 0 Å². The van der Waals surface area contributed by atoms with Gasteiger partial charge in [-0.25, -0.2) is 8.42 Å². The molecule has 0 radical (unpaired) electrons. The van der Waals surface area contributed by atoms with Crippen LogP contribution in [-0.4, -0.2) is 45.5 Å². The van der Waals surface area contributed by atoms with Crippen LogP contribution < -0.4 is 29.6 Å². The molecule has 0 amide bonds. The van der Waals surface area contributed by atoms with Crippen LogP contribution in [0.15, 0.2) is 0 Å². The van der Waals surface area contributed by atoms with Gasteiger partial charge in [0.25, 0.3) is 0 Å². The van der Waals surface area contributed by atoms with Gasteiger partial charge in [0.05, 0.1) is 25.9 Å². The molecule has 6 nitrogen and oxygen atoms in total. The first-order valence-electron chi connectivity index (χ1n) is 10.8. The topological polar surface area (TPSA) is 84.9 Å². The third-order valence-electron chi connectivity index (χ3n) is 4.53. The van der Waals surface area contributed by atoms with Crippen molar-refractivity contribution >= 4 is 10.4 Å². The van der Waals surface area contributed by atoms with Crippen LogP contribution in [0, 0.1) is 0 Å². The van der Waals surface area contributed by atoms with E-state index in [4.69, 9.17) is 9.47 Å². The van der Waals surface area contributed by atoms with Crippen LogP contribution in [0.1, 0.15) is 97.3 Å². The smallest absolute Gasteiger partial charge is 0.726 e. The first-order chi connectivity index (χ1) is 13.0. The Morgan fingerprint density at radius 2 is 1.18 bits per heavy atom. The van der Waals surface area contributed by atoms with Crippen molar-refractivity contribution in [3.63, 3.8) is 0 Å². The Bertz CT molecular complexity index is 406. The molecule has 0 heterocycles. The summed E-state index contributed by atoms with van der Waals surface area (Å²) in [5.74, 6) is 0. The van der Waals surface area contributed by atoms with Gasteiger partial charge in [0.1, 0.15) is 0 Å². The molecule has 0 aromatic rings. The zero-order chi connectivity index (χ0) is 20.2. The number of unbranched alkanes of at least 4 members (excludes halogenated alkanes) is 11. The van der Waals surface area contributed by atoms with Crippen molar-refractivity contribution in [2.75, 3.05) is 26.4 Å². The molecular weight excluding hydrogens is 391 g/mol. The largest absolute Gasteiger partial charge is 1.00 e. The molecule has 1 unspecified atom stereocenters. The molecule has 8 heteroatoms. The van der Waals surface area contributed by atoms with Gasteiger partial charge >= 0.3 is 29.6 Å². The minimum Gasteiger partial charge on any atom is -0.726 e. The maximum Gasteiger partial charge on any atom is 1.00 e. The Balaban J connectivity index is 0. The first-order valence-corrected chi connectivity index (χ1v) is 12.1. The predicted molar refractivity (Wildman–Crippen MR) is 108 cm³/mol. The number of ether oxygens (including phenoxy) is 2. The molecule has 0 aromatic heterocycles. The molecule has 0 saturated heterocycles. The molecule has 0 N–H and O–H groups in total. The van der Waals surface area contributed by atoms with Gasteiger partial charge < -0.3 is 14.0 Å². The van der Waals surface area contributed by atoms with Gasteiger partial charge in [-0.1, -0.05) is 84.5 Å². The monoisotopic (exact) mass is 432 g/mol. The van der Waals surface area contributed by atoms with E-state index in [1.807, 2.05) is 0 Å². The maximum absolute atomic E-state index is 10.5. The molecule has 164 valence electrons. The van der Waals surface area contributed by atoms with Gasteiger partial charge in [-0.05, 0) is 12.8 Å². The average Bonchev–Trinajstić information content (AvgIpc) is 2.62. The van der Waals surface area contributed by atoms with Crippen LogP contribution >= 0.6 is 0 Å². The number of rotatable bonds is 21. The molecule has 1 atom stereocenters. The van der Waals surface area contributed by atoms with Crippen molar-refractivity contribution in [2.24, 2.45) is 0 Å². The molecule has 28 heavy (non-hydrogen) atoms. The Kier molecular flexibility index (Phi) is 24.9. The van der Waals surface area contributed by atoms with Gasteiger partial charge in [-0.2, -0.15) is 0 Å². The summed E-state index contributed by atoms with van der Waals surface area (Å²) in [6.45, 7) is 5.65. The average molecular weight is 433 g/mol. The van der Waals surface area contributed by atoms with E-state index in [-0.39, 0.29) is 36.2 Å². The van der Waals surface area contributed by atoms with Gasteiger partial charge in [-0.3, -0.25) is 4.18 Å². The fourth-order valence-corrected chi connectivity index (χ4v) is 3.39. The van der Waals surface area contributed by atoms with Crippen molar-refractivity contribution < 1.29 is 56.2 Å². The van der Waals surface area contributed by atoms with Gasteiger partial charge in [0.2, 0.25) is 10.4 Å². The van der Waals surface area contributed by atoms with E-state index in [0.29, 0.717) is 19.6 Å². The Morgan fingerprint density at radius 1 is 0.714 bits per heavy atom. The van der Waals surface area contributed by atoms with Crippen LogP contribution in [0.5, 0.6) is 0 Å². The summed E-state index contributed by atoms with van der Waals surface area (Å²) in [6.07, 6.45) is 15.5. The van der Waals surface area contributed by atoms with Gasteiger partial charge in [0.15, 0.2) is 0 Å². The van der Waals surface area contributed by atoms with Gasteiger partial charge in [0, 0.05) is 6.61 Å². The third-order valence-corrected chi connectivity index (χ3v) is 5.04. The van der Waals surface area contributed by atoms with E-state index in [1.165, 1.54) is 70.6 Å². The van der Waals surface area contributed by atoms with E-state index >= 15 is 0 Å². The van der Waals surface area contributed by atoms with Crippen LogP contribution in [0.2, 0.25) is 0 Å². The van der Waals surface area contributed by atoms with Crippen molar-refractivity contribution in [3.05, 3.63) is 0 Å². The zero-order valence-corrected chi connectivity index (χ0v) is 21.3. The normalized spacial score (nSPS) is 12.7. The van der Waals surface area contributed by atoms with Gasteiger partial charge in [-0.15, -0.1) is 0 Å². The zero-order valence-electron chi connectivity index (χ0n) is 18.5. The van der Waals surface area contributed by atoms with E-state index in [9.17, 15) is 13.0 Å². The maximum atomic E-state index is 10.5. The van der Waals surface area contributed by atoms with Crippen molar-refractivity contribution in [3.8, 4) is 0 Å². The first kappa shape index (κ1) is 31.0. The second-order valence-corrected chi connectivity index (χ2v) is 8.12. The number of hydrogen-bond acceptors (Lipinski definition) is 6. The summed E-state index contributed by atoms with van der Waals surface area (Å²) in [4.78, 5) is 0. The molecule has 0 aliphatic carbocycles. The summed E-state index contributed by atoms with van der Waals surface area (Å²) in [7, 11) is -4.67. The predicted octanol–water partition coefficient (Wildman–Crippen LogP) is 1.98. The molecule has 0 spiro atoms. The molecule has 0 fully saturated rings. The van der Waals surface area contributed by atoms with Crippen molar-refractivity contribution in [2.45, 2.75) is 103 Å². The molecule has 0 aliphatic rings. The fourth-order valence-electron chi connectivity index (χ4n) is 2.86. The standard InChI is InChI=1S/C20H42O6S.Na/c1-3-5-6-7-8-9-10-11-12-13-14-15-16-24-17-18-25-19-20(4-2)26-27(21,22)23;/h20H,3-19H2,1-2H3,(H,21,22,23);/q;+1/p-1. The Hall–Kier alpha value is 0.790. The second-order valence-electron chi connectivity index (χ2n) is 7.11.